The van der Waals surface area contributed by atoms with Crippen LogP contribution >= 0.6 is 0 Å². The van der Waals surface area contributed by atoms with Gasteiger partial charge in [0.05, 0.1) is 11.6 Å². The summed E-state index contributed by atoms with van der Waals surface area (Å²) in [5.41, 5.74) is 5.99. The van der Waals surface area contributed by atoms with E-state index in [-0.39, 0.29) is 29.7 Å². The van der Waals surface area contributed by atoms with E-state index >= 15 is 0 Å². The summed E-state index contributed by atoms with van der Waals surface area (Å²) in [5.74, 6) is -1.83. The van der Waals surface area contributed by atoms with Gasteiger partial charge in [-0.3, -0.25) is 9.69 Å². The molecule has 2 N–H and O–H groups in total. The molecule has 0 bridgehead atoms. The van der Waals surface area contributed by atoms with Crippen LogP contribution < -0.4 is 10.6 Å². The molecule has 32 heavy (non-hydrogen) atoms. The van der Waals surface area contributed by atoms with Crippen molar-refractivity contribution in [1.82, 2.24) is 0 Å². The normalized spacial score (nSPS) is 19.1. The fourth-order valence-corrected chi connectivity index (χ4v) is 3.85. The van der Waals surface area contributed by atoms with E-state index in [9.17, 15) is 18.8 Å². The lowest BCUT2D eigenvalue weighted by Gasteiger charge is -2.25. The number of cyclic esters (lactones) is 1. The first-order valence-electron chi connectivity index (χ1n) is 10.5. The monoisotopic (exact) mass is 440 g/mol. The number of esters is 1. The average molecular weight is 440 g/mol. The molecule has 7 nitrogen and oxygen atoms in total. The van der Waals surface area contributed by atoms with Crippen molar-refractivity contribution >= 4 is 23.7 Å². The second-order valence-corrected chi connectivity index (χ2v) is 8.76. The number of hydrogen-bond acceptors (Lipinski definition) is 5. The standard InChI is InChI=1S/C24H25FN2O5/c1-13(2)20-12-31-23(30)27(20)17-10-15(18-5-4-14(3)8-19(18)25)9-16(11-17)21(28)32-24(6-7-24)22(26)29/h4-5,8-11,13,20H,6-7,12H2,1-3H3,(H2,26,29). The third-order valence-electron chi connectivity index (χ3n) is 5.98. The zero-order chi connectivity index (χ0) is 23.2. The van der Waals surface area contributed by atoms with E-state index in [1.807, 2.05) is 13.8 Å². The summed E-state index contributed by atoms with van der Waals surface area (Å²) in [7, 11) is 0. The number of halogens is 1. The molecule has 1 unspecified atom stereocenters. The SMILES string of the molecule is Cc1ccc(-c2cc(C(=O)OC3(C(N)=O)CC3)cc(N3C(=O)OCC3C(C)C)c2)c(F)c1. The van der Waals surface area contributed by atoms with Crippen LogP contribution in [0.5, 0.6) is 0 Å². The summed E-state index contributed by atoms with van der Waals surface area (Å²) in [6, 6.07) is 9.16. The van der Waals surface area contributed by atoms with Gasteiger partial charge in [0.2, 0.25) is 0 Å². The number of benzene rings is 2. The Labute approximate surface area is 185 Å². The molecule has 1 atom stereocenters. The van der Waals surface area contributed by atoms with Gasteiger partial charge in [-0.25, -0.2) is 14.0 Å². The Kier molecular flexibility index (Phi) is 5.40. The first kappa shape index (κ1) is 21.8. The zero-order valence-corrected chi connectivity index (χ0v) is 18.2. The molecule has 1 aliphatic heterocycles. The number of nitrogens with zero attached hydrogens (tertiary/aromatic N) is 1. The second kappa shape index (κ2) is 7.93. The number of nitrogens with two attached hydrogens (primary N) is 1. The summed E-state index contributed by atoms with van der Waals surface area (Å²) < 4.78 is 25.4. The van der Waals surface area contributed by atoms with Crippen LogP contribution in [0.15, 0.2) is 36.4 Å². The highest BCUT2D eigenvalue weighted by Crippen LogP contribution is 2.41. The number of carbonyl (C=O) groups excluding carboxylic acids is 3. The first-order valence-corrected chi connectivity index (χ1v) is 10.5. The van der Waals surface area contributed by atoms with Crippen molar-refractivity contribution in [2.24, 2.45) is 11.7 Å². The third kappa shape index (κ3) is 3.92. The fourth-order valence-electron chi connectivity index (χ4n) is 3.85. The van der Waals surface area contributed by atoms with E-state index in [0.717, 1.165) is 5.56 Å². The van der Waals surface area contributed by atoms with E-state index in [2.05, 4.69) is 0 Å². The number of aryl methyl sites for hydroxylation is 1. The van der Waals surface area contributed by atoms with Gasteiger partial charge in [-0.15, -0.1) is 0 Å². The Hall–Kier alpha value is -3.42. The molecule has 1 heterocycles. The number of amides is 2. The van der Waals surface area contributed by atoms with Crippen LogP contribution in [0.4, 0.5) is 14.9 Å². The third-order valence-corrected chi connectivity index (χ3v) is 5.98. The summed E-state index contributed by atoms with van der Waals surface area (Å²) in [5, 5.41) is 0. The molecule has 8 heteroatoms. The number of carbonyl (C=O) groups is 3. The van der Waals surface area contributed by atoms with Crippen LogP contribution in [-0.2, 0) is 14.3 Å². The van der Waals surface area contributed by atoms with Gasteiger partial charge < -0.3 is 15.2 Å². The maximum atomic E-state index is 14.8. The summed E-state index contributed by atoms with van der Waals surface area (Å²) in [6.07, 6.45) is 0.183. The lowest BCUT2D eigenvalue weighted by Crippen LogP contribution is -2.37. The highest BCUT2D eigenvalue weighted by Gasteiger charge is 2.53. The average Bonchev–Trinajstić information content (AvgIpc) is 3.41. The van der Waals surface area contributed by atoms with Crippen molar-refractivity contribution in [1.29, 1.82) is 0 Å². The van der Waals surface area contributed by atoms with Gasteiger partial charge in [0.1, 0.15) is 12.4 Å². The van der Waals surface area contributed by atoms with Gasteiger partial charge in [-0.1, -0.05) is 26.0 Å². The van der Waals surface area contributed by atoms with Crippen molar-refractivity contribution < 1.29 is 28.2 Å². The Morgan fingerprint density at radius 3 is 2.53 bits per heavy atom. The van der Waals surface area contributed by atoms with E-state index in [4.69, 9.17) is 15.2 Å². The summed E-state index contributed by atoms with van der Waals surface area (Å²) in [6.45, 7) is 5.91. The van der Waals surface area contributed by atoms with E-state index in [1.54, 1.807) is 25.1 Å². The van der Waals surface area contributed by atoms with Gasteiger partial charge in [-0.2, -0.15) is 0 Å². The Morgan fingerprint density at radius 1 is 1.22 bits per heavy atom. The van der Waals surface area contributed by atoms with Crippen LogP contribution in [0.2, 0.25) is 0 Å². The Morgan fingerprint density at radius 2 is 1.94 bits per heavy atom. The minimum absolute atomic E-state index is 0.0845. The van der Waals surface area contributed by atoms with Gasteiger partial charge in [0.15, 0.2) is 5.60 Å². The number of anilines is 1. The first-order chi connectivity index (χ1) is 15.1. The van der Waals surface area contributed by atoms with Crippen LogP contribution in [0.25, 0.3) is 11.1 Å². The van der Waals surface area contributed by atoms with E-state index in [0.29, 0.717) is 24.1 Å². The predicted molar refractivity (Wildman–Crippen MR) is 116 cm³/mol. The van der Waals surface area contributed by atoms with Gasteiger partial charge >= 0.3 is 12.1 Å². The van der Waals surface area contributed by atoms with E-state index in [1.165, 1.54) is 23.1 Å². The molecular weight excluding hydrogens is 415 g/mol. The zero-order valence-electron chi connectivity index (χ0n) is 18.2. The van der Waals surface area contributed by atoms with Crippen LogP contribution in [-0.4, -0.2) is 36.2 Å². The highest BCUT2D eigenvalue weighted by atomic mass is 19.1. The topological polar surface area (TPSA) is 98.9 Å². The van der Waals surface area contributed by atoms with Gasteiger partial charge in [-0.05, 0) is 48.2 Å². The smallest absolute Gasteiger partial charge is 0.414 e. The number of rotatable bonds is 6. The molecule has 1 saturated heterocycles. The molecular formula is C24H25FN2O5. The quantitative estimate of drug-likeness (QED) is 0.686. The maximum Gasteiger partial charge on any atom is 0.414 e. The van der Waals surface area contributed by atoms with Gasteiger partial charge in [0, 0.05) is 24.1 Å². The summed E-state index contributed by atoms with van der Waals surface area (Å²) >= 11 is 0. The molecule has 2 fully saturated rings. The molecule has 2 aliphatic rings. The molecule has 1 aliphatic carbocycles. The van der Waals surface area contributed by atoms with Crippen molar-refractivity contribution in [2.75, 3.05) is 11.5 Å². The summed E-state index contributed by atoms with van der Waals surface area (Å²) in [4.78, 5) is 38.6. The molecule has 4 rings (SSSR count). The molecule has 1 saturated carbocycles. The van der Waals surface area contributed by atoms with Crippen LogP contribution in [0, 0.1) is 18.7 Å². The minimum Gasteiger partial charge on any atom is -0.447 e. The molecule has 0 spiro atoms. The van der Waals surface area contributed by atoms with E-state index < -0.39 is 29.4 Å². The van der Waals surface area contributed by atoms with Crippen molar-refractivity contribution in [3.05, 3.63) is 53.3 Å². The predicted octanol–water partition coefficient (Wildman–Crippen LogP) is 3.96. The number of primary amides is 1. The maximum absolute atomic E-state index is 14.8. The largest absolute Gasteiger partial charge is 0.447 e. The molecule has 2 aromatic rings. The van der Waals surface area contributed by atoms with Crippen molar-refractivity contribution in [3.8, 4) is 11.1 Å². The molecule has 0 aromatic heterocycles. The second-order valence-electron chi connectivity index (χ2n) is 8.76. The van der Waals surface area contributed by atoms with Gasteiger partial charge in [0.25, 0.3) is 5.91 Å². The molecule has 168 valence electrons. The molecule has 2 aromatic carbocycles. The lowest BCUT2D eigenvalue weighted by atomic mass is 9.98. The molecule has 2 amide bonds. The fraction of sp³-hybridized carbons (Fsp3) is 0.375. The van der Waals surface area contributed by atoms with Crippen LogP contribution in [0.1, 0.15) is 42.6 Å². The number of hydrogen-bond donors (Lipinski definition) is 1. The van der Waals surface area contributed by atoms with Crippen molar-refractivity contribution in [3.63, 3.8) is 0 Å². The minimum atomic E-state index is -1.30. The van der Waals surface area contributed by atoms with Crippen molar-refractivity contribution in [2.45, 2.75) is 45.3 Å². The Balaban J connectivity index is 1.81. The Bertz CT molecular complexity index is 1110. The number of ether oxygens (including phenoxy) is 2. The van der Waals surface area contributed by atoms with Crippen LogP contribution in [0.3, 0.4) is 0 Å². The highest BCUT2D eigenvalue weighted by molar-refractivity contribution is 5.99. The molecule has 0 radical (unpaired) electrons. The lowest BCUT2D eigenvalue weighted by molar-refractivity contribution is -0.128.